The summed E-state index contributed by atoms with van der Waals surface area (Å²) in [5.74, 6) is -0.450. The topological polar surface area (TPSA) is 90.4 Å². The number of amides is 2. The van der Waals surface area contributed by atoms with Crippen LogP contribution in [0.5, 0.6) is 0 Å². The average molecular weight is 308 g/mol. The third kappa shape index (κ3) is 2.99. The van der Waals surface area contributed by atoms with Crippen LogP contribution in [0.3, 0.4) is 0 Å². The number of nitrogens with zero attached hydrogens (tertiary/aromatic N) is 3. The molecule has 1 fully saturated rings. The molecule has 1 aliphatic rings. The standard InChI is InChI=1S/C15H24N4O3/c1-5-19-12(8-11(17-19)10(2)3)13(20)18-6-7-22-15(4,9-18)14(16)21/h8,10H,5-7,9H2,1-4H3,(H2,16,21). The summed E-state index contributed by atoms with van der Waals surface area (Å²) in [6.45, 7) is 9.14. The van der Waals surface area contributed by atoms with E-state index in [1.165, 1.54) is 0 Å². The van der Waals surface area contributed by atoms with Gasteiger partial charge < -0.3 is 15.4 Å². The minimum atomic E-state index is -1.13. The molecule has 1 aromatic rings. The van der Waals surface area contributed by atoms with E-state index < -0.39 is 11.5 Å². The summed E-state index contributed by atoms with van der Waals surface area (Å²) >= 11 is 0. The third-order valence-electron chi connectivity index (χ3n) is 3.99. The maximum Gasteiger partial charge on any atom is 0.272 e. The van der Waals surface area contributed by atoms with Gasteiger partial charge in [-0.15, -0.1) is 0 Å². The van der Waals surface area contributed by atoms with Gasteiger partial charge in [-0.25, -0.2) is 0 Å². The summed E-state index contributed by atoms with van der Waals surface area (Å²) in [5, 5.41) is 4.46. The predicted octanol–water partition coefficient (Wildman–Crippen LogP) is 0.743. The van der Waals surface area contributed by atoms with Crippen molar-refractivity contribution in [2.75, 3.05) is 19.7 Å². The molecule has 22 heavy (non-hydrogen) atoms. The van der Waals surface area contributed by atoms with E-state index in [1.54, 1.807) is 16.5 Å². The number of aromatic nitrogens is 2. The van der Waals surface area contributed by atoms with Crippen molar-refractivity contribution < 1.29 is 14.3 Å². The molecular weight excluding hydrogens is 284 g/mol. The fourth-order valence-corrected chi connectivity index (χ4v) is 2.49. The Bertz CT molecular complexity index is 581. The second-order valence-electron chi connectivity index (χ2n) is 6.10. The van der Waals surface area contributed by atoms with Crippen molar-refractivity contribution in [3.63, 3.8) is 0 Å². The number of carbonyl (C=O) groups is 2. The molecule has 0 aromatic carbocycles. The largest absolute Gasteiger partial charge is 0.367 e. The van der Waals surface area contributed by atoms with Gasteiger partial charge in [0, 0.05) is 13.1 Å². The van der Waals surface area contributed by atoms with Gasteiger partial charge in [-0.1, -0.05) is 13.8 Å². The first kappa shape index (κ1) is 16.5. The van der Waals surface area contributed by atoms with Crippen LogP contribution in [-0.4, -0.2) is 51.8 Å². The van der Waals surface area contributed by atoms with Crippen molar-refractivity contribution in [3.05, 3.63) is 17.5 Å². The van der Waals surface area contributed by atoms with Gasteiger partial charge in [0.05, 0.1) is 18.8 Å². The summed E-state index contributed by atoms with van der Waals surface area (Å²) < 4.78 is 7.16. The molecule has 7 heteroatoms. The second-order valence-corrected chi connectivity index (χ2v) is 6.10. The lowest BCUT2D eigenvalue weighted by atomic mass is 10.0. The van der Waals surface area contributed by atoms with Crippen molar-refractivity contribution in [2.24, 2.45) is 5.73 Å². The lowest BCUT2D eigenvalue weighted by molar-refractivity contribution is -0.150. The first-order valence-corrected chi connectivity index (χ1v) is 7.59. The molecule has 1 atom stereocenters. The van der Waals surface area contributed by atoms with Crippen molar-refractivity contribution in [2.45, 2.75) is 45.8 Å². The Kier molecular flexibility index (Phi) is 4.55. The van der Waals surface area contributed by atoms with Gasteiger partial charge >= 0.3 is 0 Å². The number of hydrogen-bond acceptors (Lipinski definition) is 4. The van der Waals surface area contributed by atoms with Crippen molar-refractivity contribution in [3.8, 4) is 0 Å². The summed E-state index contributed by atoms with van der Waals surface area (Å²) in [6.07, 6.45) is 0. The summed E-state index contributed by atoms with van der Waals surface area (Å²) in [5.41, 5.74) is 5.68. The number of aryl methyl sites for hydroxylation is 1. The van der Waals surface area contributed by atoms with E-state index in [2.05, 4.69) is 5.10 Å². The SMILES string of the molecule is CCn1nc(C(C)C)cc1C(=O)N1CCOC(C)(C(N)=O)C1. The molecule has 0 bridgehead atoms. The molecule has 122 valence electrons. The Morgan fingerprint density at radius 2 is 2.18 bits per heavy atom. The van der Waals surface area contributed by atoms with E-state index in [1.807, 2.05) is 26.8 Å². The fourth-order valence-electron chi connectivity index (χ4n) is 2.49. The number of ether oxygens (including phenoxy) is 1. The number of carbonyl (C=O) groups excluding carboxylic acids is 2. The zero-order valence-electron chi connectivity index (χ0n) is 13.6. The maximum atomic E-state index is 12.8. The quantitative estimate of drug-likeness (QED) is 0.888. The van der Waals surface area contributed by atoms with Crippen LogP contribution in [0, 0.1) is 0 Å². The monoisotopic (exact) mass is 308 g/mol. The van der Waals surface area contributed by atoms with Crippen LogP contribution in [0.2, 0.25) is 0 Å². The average Bonchev–Trinajstić information content (AvgIpc) is 2.90. The van der Waals surface area contributed by atoms with Crippen LogP contribution in [0.1, 0.15) is 49.8 Å². The van der Waals surface area contributed by atoms with Gasteiger partial charge in [-0.05, 0) is 25.8 Å². The lowest BCUT2D eigenvalue weighted by Gasteiger charge is -2.38. The van der Waals surface area contributed by atoms with Crippen LogP contribution in [0.4, 0.5) is 0 Å². The minimum absolute atomic E-state index is 0.142. The highest BCUT2D eigenvalue weighted by Crippen LogP contribution is 2.21. The molecule has 0 spiro atoms. The van der Waals surface area contributed by atoms with Crippen LogP contribution in [-0.2, 0) is 16.1 Å². The van der Waals surface area contributed by atoms with Gasteiger partial charge in [0.25, 0.3) is 11.8 Å². The zero-order chi connectivity index (χ0) is 16.5. The molecule has 0 radical (unpaired) electrons. The van der Waals surface area contributed by atoms with Crippen LogP contribution < -0.4 is 5.73 Å². The van der Waals surface area contributed by atoms with Crippen LogP contribution >= 0.6 is 0 Å². The Morgan fingerprint density at radius 3 is 2.73 bits per heavy atom. The van der Waals surface area contributed by atoms with E-state index in [-0.39, 0.29) is 18.4 Å². The molecule has 7 nitrogen and oxygen atoms in total. The maximum absolute atomic E-state index is 12.8. The third-order valence-corrected chi connectivity index (χ3v) is 3.99. The Hall–Kier alpha value is -1.89. The lowest BCUT2D eigenvalue weighted by Crippen LogP contribution is -2.58. The van der Waals surface area contributed by atoms with E-state index >= 15 is 0 Å². The summed E-state index contributed by atoms with van der Waals surface area (Å²) in [7, 11) is 0. The first-order valence-electron chi connectivity index (χ1n) is 7.59. The molecular formula is C15H24N4O3. The number of nitrogens with two attached hydrogens (primary N) is 1. The molecule has 0 saturated carbocycles. The Balaban J connectivity index is 2.26. The highest BCUT2D eigenvalue weighted by molar-refractivity contribution is 5.94. The van der Waals surface area contributed by atoms with Gasteiger partial charge in [-0.3, -0.25) is 14.3 Å². The van der Waals surface area contributed by atoms with Gasteiger partial charge in [0.15, 0.2) is 5.60 Å². The highest BCUT2D eigenvalue weighted by atomic mass is 16.5. The fraction of sp³-hybridized carbons (Fsp3) is 0.667. The molecule has 2 heterocycles. The molecule has 1 aliphatic heterocycles. The van der Waals surface area contributed by atoms with Gasteiger partial charge in [0.1, 0.15) is 5.69 Å². The first-order chi connectivity index (χ1) is 10.3. The molecule has 2 N–H and O–H groups in total. The molecule has 2 rings (SSSR count). The highest BCUT2D eigenvalue weighted by Gasteiger charge is 2.40. The molecule has 0 aliphatic carbocycles. The normalized spacial score (nSPS) is 22.1. The predicted molar refractivity (Wildman–Crippen MR) is 81.4 cm³/mol. The zero-order valence-corrected chi connectivity index (χ0v) is 13.6. The van der Waals surface area contributed by atoms with Crippen molar-refractivity contribution in [1.82, 2.24) is 14.7 Å². The number of rotatable bonds is 4. The van der Waals surface area contributed by atoms with E-state index in [0.29, 0.717) is 25.4 Å². The van der Waals surface area contributed by atoms with E-state index in [9.17, 15) is 9.59 Å². The number of primary amides is 1. The number of morpholine rings is 1. The Labute approximate surface area is 130 Å². The van der Waals surface area contributed by atoms with Crippen LogP contribution in [0.15, 0.2) is 6.07 Å². The molecule has 1 saturated heterocycles. The van der Waals surface area contributed by atoms with Crippen molar-refractivity contribution in [1.29, 1.82) is 0 Å². The molecule has 1 aromatic heterocycles. The van der Waals surface area contributed by atoms with Crippen molar-refractivity contribution >= 4 is 11.8 Å². The summed E-state index contributed by atoms with van der Waals surface area (Å²) in [6, 6.07) is 1.83. The molecule has 1 unspecified atom stereocenters. The molecule has 2 amide bonds. The Morgan fingerprint density at radius 1 is 1.50 bits per heavy atom. The van der Waals surface area contributed by atoms with E-state index in [0.717, 1.165) is 5.69 Å². The van der Waals surface area contributed by atoms with Gasteiger partial charge in [-0.2, -0.15) is 5.10 Å². The van der Waals surface area contributed by atoms with Crippen LogP contribution in [0.25, 0.3) is 0 Å². The summed E-state index contributed by atoms with van der Waals surface area (Å²) in [4.78, 5) is 25.9. The van der Waals surface area contributed by atoms with E-state index in [4.69, 9.17) is 10.5 Å². The smallest absolute Gasteiger partial charge is 0.272 e. The second kappa shape index (κ2) is 6.08. The minimum Gasteiger partial charge on any atom is -0.367 e. The van der Waals surface area contributed by atoms with Gasteiger partial charge in [0.2, 0.25) is 0 Å². The number of hydrogen-bond donors (Lipinski definition) is 1.